The second-order valence-corrected chi connectivity index (χ2v) is 14.9. The van der Waals surface area contributed by atoms with Crippen molar-refractivity contribution < 1.29 is 19.2 Å². The highest BCUT2D eigenvalue weighted by Gasteiger charge is 2.39. The lowest BCUT2D eigenvalue weighted by Gasteiger charge is -2.39. The minimum absolute atomic E-state index is 0.205. The van der Waals surface area contributed by atoms with Gasteiger partial charge in [-0.25, -0.2) is 34.1 Å². The summed E-state index contributed by atoms with van der Waals surface area (Å²) in [6.45, 7) is 5.37. The lowest BCUT2D eigenvalue weighted by atomic mass is 10.0. The first-order chi connectivity index (χ1) is 23.8. The summed E-state index contributed by atoms with van der Waals surface area (Å²) in [7, 11) is 4.58. The Morgan fingerprint density at radius 2 is 0.843 bits per heavy atom. The smallest absolute Gasteiger partial charge is 0.327 e. The van der Waals surface area contributed by atoms with Gasteiger partial charge in [0.2, 0.25) is 11.9 Å². The number of halogens is 3. The molecule has 1 fully saturated rings. The first kappa shape index (κ1) is 39.1. The number of guanidine groups is 2. The zero-order chi connectivity index (χ0) is 37.9. The van der Waals surface area contributed by atoms with Gasteiger partial charge in [0.1, 0.15) is 5.66 Å². The fourth-order valence-corrected chi connectivity index (χ4v) is 6.17. The highest BCUT2D eigenvalue weighted by Crippen LogP contribution is 2.29. The van der Waals surface area contributed by atoms with Crippen LogP contribution in [-0.2, 0) is 17.0 Å². The monoisotopic (exact) mass is 889 g/mol. The van der Waals surface area contributed by atoms with Crippen molar-refractivity contribution in [3.63, 3.8) is 0 Å². The lowest BCUT2D eigenvalue weighted by Crippen LogP contribution is -2.67. The molecule has 3 aromatic carbocycles. The maximum atomic E-state index is 11.7. The summed E-state index contributed by atoms with van der Waals surface area (Å²) in [4.78, 5) is 58.9. The Morgan fingerprint density at radius 3 is 1.18 bits per heavy atom. The predicted octanol–water partition coefficient (Wildman–Crippen LogP) is 5.17. The summed E-state index contributed by atoms with van der Waals surface area (Å²) < 4.78 is 2.75. The molecule has 8 amide bonds. The third-order valence-corrected chi connectivity index (χ3v) is 9.65. The van der Waals surface area contributed by atoms with E-state index in [1.165, 1.54) is 16.8 Å². The fourth-order valence-electron chi connectivity index (χ4n) is 4.98. The molecule has 6 rings (SSSR count). The number of carbonyl (C=O) groups excluding carboxylic acids is 4. The Labute approximate surface area is 320 Å². The van der Waals surface area contributed by atoms with Gasteiger partial charge in [0.15, 0.2) is 11.3 Å². The molecule has 3 aliphatic rings. The quantitative estimate of drug-likeness (QED) is 0.209. The van der Waals surface area contributed by atoms with E-state index in [-0.39, 0.29) is 24.0 Å². The van der Waals surface area contributed by atoms with Crippen LogP contribution in [0.4, 0.5) is 19.2 Å². The largest absolute Gasteiger partial charge is 0.369 e. The molecule has 3 aromatic rings. The number of nitrogens with two attached hydrogens (primary N) is 2. The number of aliphatic imine (C=N–C) groups is 2. The van der Waals surface area contributed by atoms with E-state index >= 15 is 0 Å². The Kier molecular flexibility index (Phi) is 11.7. The Bertz CT molecular complexity index is 1810. The summed E-state index contributed by atoms with van der Waals surface area (Å²) in [5, 5.41) is 11.1. The minimum Gasteiger partial charge on any atom is -0.369 e. The number of benzene rings is 3. The highest BCUT2D eigenvalue weighted by atomic mass is 79.9. The highest BCUT2D eigenvalue weighted by molar-refractivity contribution is 9.11. The van der Waals surface area contributed by atoms with Crippen molar-refractivity contribution in [3.8, 4) is 0 Å². The average Bonchev–Trinajstić information content (AvgIpc) is 3.05. The van der Waals surface area contributed by atoms with Crippen LogP contribution in [0.3, 0.4) is 0 Å². The molecule has 0 aliphatic carbocycles. The number of urea groups is 4. The van der Waals surface area contributed by atoms with Crippen molar-refractivity contribution in [3.05, 3.63) is 103 Å². The summed E-state index contributed by atoms with van der Waals surface area (Å²) in [5.41, 5.74) is 11.5. The van der Waals surface area contributed by atoms with Crippen molar-refractivity contribution in [2.45, 2.75) is 37.8 Å². The van der Waals surface area contributed by atoms with Crippen LogP contribution in [0.2, 0.25) is 0 Å². The van der Waals surface area contributed by atoms with Crippen molar-refractivity contribution in [2.75, 3.05) is 21.1 Å². The number of rotatable bonds is 3. The Morgan fingerprint density at radius 1 is 0.529 bits per heavy atom. The maximum Gasteiger partial charge on any atom is 0.327 e. The van der Waals surface area contributed by atoms with Gasteiger partial charge in [-0.15, -0.1) is 0 Å². The third-order valence-electron chi connectivity index (χ3n) is 8.17. The number of imide groups is 1. The molecule has 2 atom stereocenters. The lowest BCUT2D eigenvalue weighted by molar-refractivity contribution is 0.152. The van der Waals surface area contributed by atoms with Crippen LogP contribution in [0.1, 0.15) is 37.5 Å². The van der Waals surface area contributed by atoms with E-state index in [0.29, 0.717) is 0 Å². The molecule has 3 aliphatic heterocycles. The molecule has 0 saturated carbocycles. The summed E-state index contributed by atoms with van der Waals surface area (Å²) in [6.07, 6.45) is 0. The SMILES string of the molecule is CN1C(=O)NC(C)(c2cccc(Br)c2)N=C1N.CN1C(=O)NC(C)(c2cccc(Br)c2)N=C1N.CN1C(=O)NC(C)(c2cccc(Br)c2)NC1=O. The van der Waals surface area contributed by atoms with Gasteiger partial charge in [-0.2, -0.15) is 0 Å². The number of nitrogens with zero attached hydrogens (tertiary/aromatic N) is 5. The van der Waals surface area contributed by atoms with Crippen LogP contribution in [-0.4, -0.2) is 71.9 Å². The van der Waals surface area contributed by atoms with Gasteiger partial charge in [-0.05, 0) is 62.7 Å². The Hall–Kier alpha value is -4.68. The molecule has 0 bridgehead atoms. The molecular weight excluding hydrogens is 854 g/mol. The van der Waals surface area contributed by atoms with Crippen LogP contribution >= 0.6 is 47.8 Å². The average molecular weight is 892 g/mol. The summed E-state index contributed by atoms with van der Waals surface area (Å²) in [6, 6.07) is 21.3. The topological polar surface area (TPSA) is 203 Å². The molecule has 18 heteroatoms. The van der Waals surface area contributed by atoms with Gasteiger partial charge < -0.3 is 32.7 Å². The molecule has 0 aromatic heterocycles. The van der Waals surface area contributed by atoms with Gasteiger partial charge >= 0.3 is 24.1 Å². The van der Waals surface area contributed by atoms with Crippen LogP contribution < -0.4 is 32.7 Å². The molecular formula is C33H38Br3N11O4. The van der Waals surface area contributed by atoms with Crippen LogP contribution in [0.25, 0.3) is 0 Å². The van der Waals surface area contributed by atoms with Crippen molar-refractivity contribution in [1.82, 2.24) is 36.0 Å². The van der Waals surface area contributed by atoms with Crippen LogP contribution in [0, 0.1) is 0 Å². The van der Waals surface area contributed by atoms with E-state index in [1.807, 2.05) is 86.6 Å². The fraction of sp³-hybridized carbons (Fsp3) is 0.273. The number of carbonyl (C=O) groups is 4. The number of hydrogen-bond donors (Lipinski definition) is 6. The van der Waals surface area contributed by atoms with Gasteiger partial charge in [0.25, 0.3) is 0 Å². The summed E-state index contributed by atoms with van der Waals surface area (Å²) in [5.74, 6) is 0.410. The first-order valence-electron chi connectivity index (χ1n) is 15.3. The second kappa shape index (κ2) is 15.3. The molecule has 0 radical (unpaired) electrons. The second-order valence-electron chi connectivity index (χ2n) is 12.1. The minimum atomic E-state index is -0.884. The number of amides is 8. The first-order valence-corrected chi connectivity index (χ1v) is 17.6. The zero-order valence-electron chi connectivity index (χ0n) is 28.6. The normalized spacial score (nSPS) is 22.4. The van der Waals surface area contributed by atoms with E-state index in [9.17, 15) is 19.2 Å². The zero-order valence-corrected chi connectivity index (χ0v) is 33.3. The van der Waals surface area contributed by atoms with Crippen molar-refractivity contribution >= 4 is 83.8 Å². The van der Waals surface area contributed by atoms with Crippen LogP contribution in [0.5, 0.6) is 0 Å². The van der Waals surface area contributed by atoms with Crippen molar-refractivity contribution in [1.29, 1.82) is 0 Å². The van der Waals surface area contributed by atoms with E-state index < -0.39 is 29.1 Å². The molecule has 2 unspecified atom stereocenters. The molecule has 8 N–H and O–H groups in total. The molecule has 51 heavy (non-hydrogen) atoms. The summed E-state index contributed by atoms with van der Waals surface area (Å²) >= 11 is 10.1. The molecule has 15 nitrogen and oxygen atoms in total. The van der Waals surface area contributed by atoms with Gasteiger partial charge in [-0.3, -0.25) is 9.80 Å². The maximum absolute atomic E-state index is 11.7. The molecule has 1 saturated heterocycles. The predicted molar refractivity (Wildman–Crippen MR) is 205 cm³/mol. The van der Waals surface area contributed by atoms with E-state index in [2.05, 4.69) is 79.0 Å². The van der Waals surface area contributed by atoms with Gasteiger partial charge in [0, 0.05) is 45.7 Å². The van der Waals surface area contributed by atoms with E-state index in [1.54, 1.807) is 21.0 Å². The number of hydrogen-bond acceptors (Lipinski definition) is 8. The van der Waals surface area contributed by atoms with E-state index in [4.69, 9.17) is 11.5 Å². The molecule has 0 spiro atoms. The van der Waals surface area contributed by atoms with Gasteiger partial charge in [0.05, 0.1) is 0 Å². The standard InChI is InChI=1S/2C11H13BrN4O.C11H12BrN3O2/c2*1-11(7-4-3-5-8(12)6-7)14-9(13)16(2)10(17)15-11;1-11(7-4-3-5-8(12)6-7)13-9(16)15(2)10(17)14-11/h2*3-6H,1-2H3,(H2,13,14)(H,15,17);3-6H,1-2H3,(H,13,16)(H,14,17). The number of nitrogens with one attached hydrogen (secondary N) is 4. The molecule has 3 heterocycles. The van der Waals surface area contributed by atoms with E-state index in [0.717, 1.165) is 35.0 Å². The van der Waals surface area contributed by atoms with Crippen LogP contribution in [0.15, 0.2) is 96.2 Å². The van der Waals surface area contributed by atoms with Gasteiger partial charge in [-0.1, -0.05) is 84.2 Å². The van der Waals surface area contributed by atoms with Crippen molar-refractivity contribution in [2.24, 2.45) is 21.5 Å². The molecule has 270 valence electrons. The third kappa shape index (κ3) is 8.98. The Balaban J connectivity index is 0.000000172.